The molecule has 1 aliphatic carbocycles. The van der Waals surface area contributed by atoms with Crippen molar-refractivity contribution in [1.29, 1.82) is 0 Å². The van der Waals surface area contributed by atoms with Gasteiger partial charge in [-0.2, -0.15) is 0 Å². The topological polar surface area (TPSA) is 35.2 Å². The van der Waals surface area contributed by atoms with Gasteiger partial charge in [-0.15, -0.1) is 0 Å². The van der Waals surface area contributed by atoms with Crippen LogP contribution in [-0.4, -0.2) is 6.10 Å². The summed E-state index contributed by atoms with van der Waals surface area (Å²) < 4.78 is 6.07. The van der Waals surface area contributed by atoms with Crippen LogP contribution in [0.5, 0.6) is 0 Å². The van der Waals surface area contributed by atoms with Crippen LogP contribution in [0.15, 0.2) is 24.3 Å². The van der Waals surface area contributed by atoms with E-state index < -0.39 is 0 Å². The Morgan fingerprint density at radius 3 is 2.59 bits per heavy atom. The van der Waals surface area contributed by atoms with Crippen LogP contribution >= 0.6 is 0 Å². The van der Waals surface area contributed by atoms with Gasteiger partial charge in [0.1, 0.15) is 0 Å². The molecule has 1 saturated carbocycles. The second kappa shape index (κ2) is 6.18. The van der Waals surface area contributed by atoms with Gasteiger partial charge in [-0.05, 0) is 29.9 Å². The minimum Gasteiger partial charge on any atom is -0.373 e. The van der Waals surface area contributed by atoms with Crippen LogP contribution in [0, 0.1) is 5.92 Å². The van der Waals surface area contributed by atoms with E-state index in [9.17, 15) is 0 Å². The predicted octanol–water partition coefficient (Wildman–Crippen LogP) is 3.24. The lowest BCUT2D eigenvalue weighted by Gasteiger charge is -2.29. The number of hydrogen-bond donors (Lipinski definition) is 1. The zero-order valence-electron chi connectivity index (χ0n) is 10.7. The Kier molecular flexibility index (Phi) is 4.57. The van der Waals surface area contributed by atoms with Crippen molar-refractivity contribution in [2.75, 3.05) is 0 Å². The molecule has 1 fully saturated rings. The zero-order valence-corrected chi connectivity index (χ0v) is 10.7. The maximum atomic E-state index is 6.07. The fourth-order valence-electron chi connectivity index (χ4n) is 2.62. The van der Waals surface area contributed by atoms with Crippen LogP contribution in [0.25, 0.3) is 0 Å². The van der Waals surface area contributed by atoms with E-state index in [1.165, 1.54) is 36.8 Å². The zero-order chi connectivity index (χ0) is 12.1. The van der Waals surface area contributed by atoms with Crippen molar-refractivity contribution in [2.45, 2.75) is 51.9 Å². The first-order valence-corrected chi connectivity index (χ1v) is 6.69. The maximum Gasteiger partial charge on any atom is 0.0723 e. The SMILES string of the molecule is CC1CCCCC1OCc1ccccc1CN. The molecule has 0 radical (unpaired) electrons. The molecule has 2 N–H and O–H groups in total. The molecule has 0 spiro atoms. The number of rotatable bonds is 4. The molecule has 0 aromatic heterocycles. The summed E-state index contributed by atoms with van der Waals surface area (Å²) in [5, 5.41) is 0. The molecule has 2 atom stereocenters. The Labute approximate surface area is 104 Å². The molecule has 0 aliphatic heterocycles. The number of hydrogen-bond acceptors (Lipinski definition) is 2. The van der Waals surface area contributed by atoms with Gasteiger partial charge in [0.25, 0.3) is 0 Å². The first-order valence-electron chi connectivity index (χ1n) is 6.69. The van der Waals surface area contributed by atoms with Crippen molar-refractivity contribution >= 4 is 0 Å². The van der Waals surface area contributed by atoms with Gasteiger partial charge in [0.2, 0.25) is 0 Å². The molecule has 2 heteroatoms. The third-order valence-electron chi connectivity index (χ3n) is 3.82. The summed E-state index contributed by atoms with van der Waals surface area (Å²) in [5.41, 5.74) is 8.18. The van der Waals surface area contributed by atoms with Gasteiger partial charge in [-0.25, -0.2) is 0 Å². The molecular formula is C15H23NO. The number of benzene rings is 1. The van der Waals surface area contributed by atoms with Crippen molar-refractivity contribution in [3.63, 3.8) is 0 Å². The lowest BCUT2D eigenvalue weighted by molar-refractivity contribution is -0.0157. The summed E-state index contributed by atoms with van der Waals surface area (Å²) in [6.45, 7) is 3.61. The minimum absolute atomic E-state index is 0.439. The summed E-state index contributed by atoms with van der Waals surface area (Å²) in [7, 11) is 0. The average Bonchev–Trinajstić information content (AvgIpc) is 2.38. The molecule has 2 nitrogen and oxygen atoms in total. The summed E-state index contributed by atoms with van der Waals surface area (Å²) >= 11 is 0. The molecule has 1 aromatic rings. The molecule has 1 aromatic carbocycles. The maximum absolute atomic E-state index is 6.07. The average molecular weight is 233 g/mol. The summed E-state index contributed by atoms with van der Waals surface area (Å²) in [6, 6.07) is 8.30. The number of ether oxygens (including phenoxy) is 1. The molecule has 0 amide bonds. The molecule has 94 valence electrons. The first kappa shape index (κ1) is 12.6. The van der Waals surface area contributed by atoms with Crippen molar-refractivity contribution < 1.29 is 4.74 Å². The van der Waals surface area contributed by atoms with Gasteiger partial charge >= 0.3 is 0 Å². The Bertz CT molecular complexity index is 351. The van der Waals surface area contributed by atoms with Crippen LogP contribution in [0.2, 0.25) is 0 Å². The van der Waals surface area contributed by atoms with Gasteiger partial charge < -0.3 is 10.5 Å². The van der Waals surface area contributed by atoms with Gasteiger partial charge in [-0.3, -0.25) is 0 Å². The van der Waals surface area contributed by atoms with E-state index in [2.05, 4.69) is 25.1 Å². The molecular weight excluding hydrogens is 210 g/mol. The fraction of sp³-hybridized carbons (Fsp3) is 0.600. The normalized spacial score (nSPS) is 24.8. The molecule has 2 rings (SSSR count). The Balaban J connectivity index is 1.92. The number of nitrogens with two attached hydrogens (primary N) is 1. The predicted molar refractivity (Wildman–Crippen MR) is 70.5 cm³/mol. The van der Waals surface area contributed by atoms with E-state index in [0.29, 0.717) is 25.2 Å². The summed E-state index contributed by atoms with van der Waals surface area (Å²) in [5.74, 6) is 0.703. The first-order chi connectivity index (χ1) is 8.31. The van der Waals surface area contributed by atoms with E-state index in [4.69, 9.17) is 10.5 Å². The molecule has 17 heavy (non-hydrogen) atoms. The van der Waals surface area contributed by atoms with Gasteiger partial charge in [-0.1, -0.05) is 44.0 Å². The monoisotopic (exact) mass is 233 g/mol. The lowest BCUT2D eigenvalue weighted by atomic mass is 9.88. The van der Waals surface area contributed by atoms with Crippen molar-refractivity contribution in [3.8, 4) is 0 Å². The van der Waals surface area contributed by atoms with Crippen LogP contribution in [0.3, 0.4) is 0 Å². The largest absolute Gasteiger partial charge is 0.373 e. The highest BCUT2D eigenvalue weighted by Gasteiger charge is 2.21. The molecule has 1 aliphatic rings. The van der Waals surface area contributed by atoms with Crippen molar-refractivity contribution in [1.82, 2.24) is 0 Å². The van der Waals surface area contributed by atoms with Crippen LogP contribution in [0.4, 0.5) is 0 Å². The van der Waals surface area contributed by atoms with E-state index in [0.717, 1.165) is 0 Å². The Morgan fingerprint density at radius 1 is 1.18 bits per heavy atom. The van der Waals surface area contributed by atoms with Gasteiger partial charge in [0.15, 0.2) is 0 Å². The molecule has 0 heterocycles. The van der Waals surface area contributed by atoms with Crippen LogP contribution < -0.4 is 5.73 Å². The summed E-state index contributed by atoms with van der Waals surface area (Å²) in [4.78, 5) is 0. The second-order valence-corrected chi connectivity index (χ2v) is 5.08. The smallest absolute Gasteiger partial charge is 0.0723 e. The van der Waals surface area contributed by atoms with E-state index in [1.54, 1.807) is 0 Å². The fourth-order valence-corrected chi connectivity index (χ4v) is 2.62. The van der Waals surface area contributed by atoms with E-state index in [1.807, 2.05) is 6.07 Å². The van der Waals surface area contributed by atoms with Gasteiger partial charge in [0, 0.05) is 6.54 Å². The van der Waals surface area contributed by atoms with Crippen LogP contribution in [-0.2, 0) is 17.9 Å². The Hall–Kier alpha value is -0.860. The highest BCUT2D eigenvalue weighted by molar-refractivity contribution is 5.26. The quantitative estimate of drug-likeness (QED) is 0.866. The lowest BCUT2D eigenvalue weighted by Crippen LogP contribution is -2.25. The molecule has 0 saturated heterocycles. The highest BCUT2D eigenvalue weighted by atomic mass is 16.5. The van der Waals surface area contributed by atoms with Crippen molar-refractivity contribution in [2.24, 2.45) is 11.7 Å². The Morgan fingerprint density at radius 2 is 1.88 bits per heavy atom. The third-order valence-corrected chi connectivity index (χ3v) is 3.82. The van der Waals surface area contributed by atoms with E-state index in [-0.39, 0.29) is 0 Å². The second-order valence-electron chi connectivity index (χ2n) is 5.08. The van der Waals surface area contributed by atoms with E-state index >= 15 is 0 Å². The van der Waals surface area contributed by atoms with Crippen molar-refractivity contribution in [3.05, 3.63) is 35.4 Å². The molecule has 2 unspecified atom stereocenters. The highest BCUT2D eigenvalue weighted by Crippen LogP contribution is 2.27. The third kappa shape index (κ3) is 3.30. The summed E-state index contributed by atoms with van der Waals surface area (Å²) in [6.07, 6.45) is 5.64. The molecule has 0 bridgehead atoms. The standard InChI is InChI=1S/C15H23NO/c1-12-6-2-5-9-15(12)17-11-14-8-4-3-7-13(14)10-16/h3-4,7-8,12,15H,2,5-6,9-11,16H2,1H3. The van der Waals surface area contributed by atoms with Gasteiger partial charge in [0.05, 0.1) is 12.7 Å². The minimum atomic E-state index is 0.439. The van der Waals surface area contributed by atoms with Crippen LogP contribution in [0.1, 0.15) is 43.7 Å².